The summed E-state index contributed by atoms with van der Waals surface area (Å²) in [4.78, 5) is 2.13. The fourth-order valence-electron chi connectivity index (χ4n) is 2.88. The maximum Gasteiger partial charge on any atom is 0.0613 e. The fourth-order valence-corrected chi connectivity index (χ4v) is 2.88. The molecule has 0 bridgehead atoms. The van der Waals surface area contributed by atoms with Crippen molar-refractivity contribution in [2.45, 2.75) is 38.8 Å². The first-order valence-corrected chi connectivity index (χ1v) is 7.74. The maximum absolute atomic E-state index is 5.75. The third-order valence-corrected chi connectivity index (χ3v) is 4.34. The third-order valence-electron chi connectivity index (χ3n) is 4.34. The van der Waals surface area contributed by atoms with Crippen molar-refractivity contribution in [2.75, 3.05) is 32.1 Å². The number of hydrogen-bond donors (Lipinski definition) is 1. The van der Waals surface area contributed by atoms with E-state index in [0.29, 0.717) is 18.1 Å². The molecule has 0 amide bonds. The van der Waals surface area contributed by atoms with Gasteiger partial charge >= 0.3 is 0 Å². The minimum absolute atomic E-state index is 0.393. The van der Waals surface area contributed by atoms with Crippen LogP contribution in [-0.2, 0) is 4.74 Å². The molecule has 112 valence electrons. The minimum Gasteiger partial charge on any atom is -0.378 e. The lowest BCUT2D eigenvalue weighted by molar-refractivity contribution is 0.0867. The van der Waals surface area contributed by atoms with Crippen molar-refractivity contribution in [3.63, 3.8) is 0 Å². The first-order valence-electron chi connectivity index (χ1n) is 7.74. The summed E-state index contributed by atoms with van der Waals surface area (Å²) in [5.41, 5.74) is 2.60. The first kappa shape index (κ1) is 15.3. The summed E-state index contributed by atoms with van der Waals surface area (Å²) >= 11 is 0. The van der Waals surface area contributed by atoms with Crippen LogP contribution in [0, 0.1) is 5.92 Å². The Balaban J connectivity index is 1.86. The molecule has 1 N–H and O–H groups in total. The van der Waals surface area contributed by atoms with Gasteiger partial charge < -0.3 is 15.0 Å². The Morgan fingerprint density at radius 3 is 2.60 bits per heavy atom. The molecule has 2 rings (SSSR count). The lowest BCUT2D eigenvalue weighted by Gasteiger charge is -2.21. The van der Waals surface area contributed by atoms with Crippen LogP contribution >= 0.6 is 0 Å². The number of rotatable bonds is 6. The predicted molar refractivity (Wildman–Crippen MR) is 85.3 cm³/mol. The molecule has 0 aromatic heterocycles. The van der Waals surface area contributed by atoms with Crippen molar-refractivity contribution in [1.29, 1.82) is 0 Å². The molecule has 3 unspecified atom stereocenters. The highest BCUT2D eigenvalue weighted by molar-refractivity contribution is 5.46. The van der Waals surface area contributed by atoms with Gasteiger partial charge in [0.2, 0.25) is 0 Å². The first-order chi connectivity index (χ1) is 9.61. The zero-order chi connectivity index (χ0) is 14.5. The van der Waals surface area contributed by atoms with Crippen LogP contribution < -0.4 is 10.2 Å². The van der Waals surface area contributed by atoms with Gasteiger partial charge in [0, 0.05) is 39.0 Å². The molecule has 1 aliphatic rings. The van der Waals surface area contributed by atoms with E-state index in [1.165, 1.54) is 17.7 Å². The van der Waals surface area contributed by atoms with Gasteiger partial charge in [-0.3, -0.25) is 0 Å². The van der Waals surface area contributed by atoms with Crippen LogP contribution in [0.3, 0.4) is 0 Å². The Hall–Kier alpha value is -1.06. The smallest absolute Gasteiger partial charge is 0.0613 e. The molecular formula is C17H28N2O. The van der Waals surface area contributed by atoms with E-state index < -0.39 is 0 Å². The van der Waals surface area contributed by atoms with Crippen LogP contribution in [0.25, 0.3) is 0 Å². The van der Waals surface area contributed by atoms with Gasteiger partial charge in [0.1, 0.15) is 0 Å². The predicted octanol–water partition coefficient (Wildman–Crippen LogP) is 3.22. The highest BCUT2D eigenvalue weighted by Gasteiger charge is 2.26. The monoisotopic (exact) mass is 276 g/mol. The van der Waals surface area contributed by atoms with E-state index in [9.17, 15) is 0 Å². The van der Waals surface area contributed by atoms with Gasteiger partial charge in [-0.25, -0.2) is 0 Å². The number of hydrogen-bond acceptors (Lipinski definition) is 3. The van der Waals surface area contributed by atoms with Gasteiger partial charge in [-0.1, -0.05) is 19.1 Å². The lowest BCUT2D eigenvalue weighted by Crippen LogP contribution is -2.30. The molecule has 0 radical (unpaired) electrons. The molecule has 1 heterocycles. The van der Waals surface area contributed by atoms with Gasteiger partial charge in [-0.15, -0.1) is 0 Å². The Kier molecular flexibility index (Phi) is 5.44. The van der Waals surface area contributed by atoms with Crippen molar-refractivity contribution >= 4 is 5.69 Å². The standard InChI is InChI=1S/C17H28N2O/c1-5-17-15(10-11-20-17)12-18-13(2)14-6-8-16(9-7-14)19(3)4/h6-9,13,15,17-18H,5,10-12H2,1-4H3. The summed E-state index contributed by atoms with van der Waals surface area (Å²) in [5.74, 6) is 0.670. The van der Waals surface area contributed by atoms with E-state index in [4.69, 9.17) is 4.74 Å². The third kappa shape index (κ3) is 3.74. The zero-order valence-corrected chi connectivity index (χ0v) is 13.2. The average molecular weight is 276 g/mol. The lowest BCUT2D eigenvalue weighted by atomic mass is 9.98. The van der Waals surface area contributed by atoms with Crippen molar-refractivity contribution in [2.24, 2.45) is 5.92 Å². The highest BCUT2D eigenvalue weighted by atomic mass is 16.5. The van der Waals surface area contributed by atoms with E-state index in [0.717, 1.165) is 19.6 Å². The quantitative estimate of drug-likeness (QED) is 0.863. The van der Waals surface area contributed by atoms with Crippen LogP contribution in [0.5, 0.6) is 0 Å². The maximum atomic E-state index is 5.75. The molecule has 3 heteroatoms. The summed E-state index contributed by atoms with van der Waals surface area (Å²) < 4.78 is 5.75. The second-order valence-electron chi connectivity index (χ2n) is 5.98. The summed E-state index contributed by atoms with van der Waals surface area (Å²) in [6, 6.07) is 9.19. The molecule has 20 heavy (non-hydrogen) atoms. The molecule has 0 saturated carbocycles. The summed E-state index contributed by atoms with van der Waals surface area (Å²) in [5, 5.41) is 3.66. The fraction of sp³-hybridized carbons (Fsp3) is 0.647. The van der Waals surface area contributed by atoms with Crippen molar-refractivity contribution in [3.05, 3.63) is 29.8 Å². The number of benzene rings is 1. The zero-order valence-electron chi connectivity index (χ0n) is 13.2. The van der Waals surface area contributed by atoms with E-state index >= 15 is 0 Å². The van der Waals surface area contributed by atoms with E-state index in [1.807, 2.05) is 0 Å². The van der Waals surface area contributed by atoms with Gasteiger partial charge in [-0.2, -0.15) is 0 Å². The molecule has 3 nitrogen and oxygen atoms in total. The summed E-state index contributed by atoms with van der Waals surface area (Å²) in [6.45, 7) is 6.43. The Morgan fingerprint density at radius 1 is 1.30 bits per heavy atom. The molecule has 1 fully saturated rings. The molecule has 1 aromatic rings. The highest BCUT2D eigenvalue weighted by Crippen LogP contribution is 2.24. The van der Waals surface area contributed by atoms with Crippen molar-refractivity contribution < 1.29 is 4.74 Å². The van der Waals surface area contributed by atoms with Gasteiger partial charge in [-0.05, 0) is 43.4 Å². The van der Waals surface area contributed by atoms with Crippen LogP contribution in [0.2, 0.25) is 0 Å². The van der Waals surface area contributed by atoms with Crippen LogP contribution in [0.4, 0.5) is 5.69 Å². The Bertz CT molecular complexity index is 402. The van der Waals surface area contributed by atoms with Gasteiger partial charge in [0.25, 0.3) is 0 Å². The van der Waals surface area contributed by atoms with E-state index in [-0.39, 0.29) is 0 Å². The van der Waals surface area contributed by atoms with E-state index in [1.54, 1.807) is 0 Å². The number of nitrogens with one attached hydrogen (secondary N) is 1. The van der Waals surface area contributed by atoms with Gasteiger partial charge in [0.15, 0.2) is 0 Å². The number of ether oxygens (including phenoxy) is 1. The molecule has 1 saturated heterocycles. The van der Waals surface area contributed by atoms with Crippen molar-refractivity contribution in [1.82, 2.24) is 5.32 Å². The minimum atomic E-state index is 0.393. The number of nitrogens with zero attached hydrogens (tertiary/aromatic N) is 1. The molecule has 0 spiro atoms. The summed E-state index contributed by atoms with van der Waals surface area (Å²) in [6.07, 6.45) is 2.77. The topological polar surface area (TPSA) is 24.5 Å². The second-order valence-corrected chi connectivity index (χ2v) is 5.98. The number of anilines is 1. The molecule has 1 aromatic carbocycles. The summed E-state index contributed by atoms with van der Waals surface area (Å²) in [7, 11) is 4.14. The van der Waals surface area contributed by atoms with Crippen LogP contribution in [0.1, 0.15) is 38.3 Å². The molecule has 0 aliphatic carbocycles. The Morgan fingerprint density at radius 2 is 2.00 bits per heavy atom. The normalized spacial score (nSPS) is 23.8. The SMILES string of the molecule is CCC1OCCC1CNC(C)c1ccc(N(C)C)cc1. The van der Waals surface area contributed by atoms with Crippen LogP contribution in [-0.4, -0.2) is 33.4 Å². The van der Waals surface area contributed by atoms with E-state index in [2.05, 4.69) is 62.4 Å². The van der Waals surface area contributed by atoms with Crippen molar-refractivity contribution in [3.8, 4) is 0 Å². The largest absolute Gasteiger partial charge is 0.378 e. The average Bonchev–Trinajstić information content (AvgIpc) is 2.92. The Labute approximate surface area is 123 Å². The molecule has 1 aliphatic heterocycles. The molecule has 3 atom stereocenters. The van der Waals surface area contributed by atoms with Crippen LogP contribution in [0.15, 0.2) is 24.3 Å². The second kappa shape index (κ2) is 7.09. The molecular weight excluding hydrogens is 248 g/mol. The van der Waals surface area contributed by atoms with Gasteiger partial charge in [0.05, 0.1) is 6.10 Å².